The van der Waals surface area contributed by atoms with Crippen molar-refractivity contribution >= 4 is 33.2 Å². The number of nitriles is 3. The summed E-state index contributed by atoms with van der Waals surface area (Å²) >= 11 is 4.68. The molecule has 0 spiro atoms. The van der Waals surface area contributed by atoms with Crippen LogP contribution in [0.1, 0.15) is 29.4 Å². The summed E-state index contributed by atoms with van der Waals surface area (Å²) in [7, 11) is 1.49. The van der Waals surface area contributed by atoms with E-state index in [-0.39, 0.29) is 0 Å². The quantitative estimate of drug-likeness (QED) is 0.679. The van der Waals surface area contributed by atoms with E-state index >= 15 is 0 Å². The molecule has 4 atom stereocenters. The Bertz CT molecular complexity index is 1160. The fourth-order valence-electron chi connectivity index (χ4n) is 4.57. The lowest BCUT2D eigenvalue weighted by atomic mass is 9.53. The molecule has 2 aliphatic rings. The monoisotopic (exact) mass is 482 g/mol. The third-order valence-electron chi connectivity index (χ3n) is 5.81. The zero-order chi connectivity index (χ0) is 21.7. The minimum Gasteiger partial charge on any atom is -0.496 e. The number of hydrogen-bond acceptors (Lipinski definition) is 8. The molecule has 0 aliphatic carbocycles. The van der Waals surface area contributed by atoms with Crippen molar-refractivity contribution in [2.24, 2.45) is 10.8 Å². The van der Waals surface area contributed by atoms with Crippen molar-refractivity contribution in [3.05, 3.63) is 50.6 Å². The Balaban J connectivity index is 2.06. The van der Waals surface area contributed by atoms with E-state index in [1.807, 2.05) is 0 Å². The second-order valence-corrected chi connectivity index (χ2v) is 9.10. The third kappa shape index (κ3) is 2.33. The van der Waals surface area contributed by atoms with Crippen LogP contribution >= 0.6 is 27.3 Å². The highest BCUT2D eigenvalue weighted by molar-refractivity contribution is 9.10. The Labute approximate surface area is 185 Å². The molecule has 2 bridgehead atoms. The number of methoxy groups -OCH3 is 1. The normalized spacial score (nSPS) is 31.1. The number of para-hydroxylation sites is 1. The van der Waals surface area contributed by atoms with Crippen LogP contribution < -0.4 is 4.74 Å². The van der Waals surface area contributed by atoms with Crippen LogP contribution in [0, 0.1) is 50.2 Å². The summed E-state index contributed by atoms with van der Waals surface area (Å²) in [6, 6.07) is 15.0. The third-order valence-corrected chi connectivity index (χ3v) is 7.55. The zero-order valence-electron chi connectivity index (χ0n) is 16.0. The number of thiophene rings is 1. The van der Waals surface area contributed by atoms with Crippen molar-refractivity contribution in [1.29, 1.82) is 21.2 Å². The fraction of sp³-hybridized carbons (Fsp3) is 0.333. The molecule has 2 fully saturated rings. The molecule has 4 rings (SSSR count). The van der Waals surface area contributed by atoms with Gasteiger partial charge in [0.15, 0.2) is 5.41 Å². The van der Waals surface area contributed by atoms with Crippen LogP contribution in [0.5, 0.6) is 5.75 Å². The van der Waals surface area contributed by atoms with E-state index in [1.54, 1.807) is 42.6 Å². The summed E-state index contributed by atoms with van der Waals surface area (Å²) in [5.41, 5.74) is -3.39. The van der Waals surface area contributed by atoms with Crippen molar-refractivity contribution in [3.8, 4) is 24.0 Å². The highest BCUT2D eigenvalue weighted by Gasteiger charge is 2.80. The predicted octanol–water partition coefficient (Wildman–Crippen LogP) is 4.64. The lowest BCUT2D eigenvalue weighted by Crippen LogP contribution is -2.57. The molecule has 0 radical (unpaired) electrons. The average Bonchev–Trinajstić information content (AvgIpc) is 3.25. The van der Waals surface area contributed by atoms with Gasteiger partial charge in [-0.25, -0.2) is 0 Å². The molecular formula is C21H15BrN4O3S. The van der Waals surface area contributed by atoms with E-state index in [9.17, 15) is 15.8 Å². The molecule has 2 aromatic rings. The first kappa shape index (κ1) is 20.4. The highest BCUT2D eigenvalue weighted by atomic mass is 79.9. The molecule has 30 heavy (non-hydrogen) atoms. The second kappa shape index (κ2) is 6.82. The number of nitrogens with zero attached hydrogens (tertiary/aromatic N) is 3. The van der Waals surface area contributed by atoms with E-state index in [2.05, 4.69) is 34.1 Å². The van der Waals surface area contributed by atoms with E-state index < -0.39 is 34.5 Å². The standard InChI is InChI=1S/C21H15BrN4O3S/c1-19-16(13-5-3-4-6-14(13)27-2)21(11-25,18(26)29-19)20(9-23,10-24)17(28-19)15-7-12(22)8-30-15/h3-8,16-17,26H,1-2H3. The number of ether oxygens (including phenoxy) is 3. The van der Waals surface area contributed by atoms with Gasteiger partial charge < -0.3 is 14.2 Å². The minimum absolute atomic E-state index is 0.454. The molecule has 7 nitrogen and oxygen atoms in total. The summed E-state index contributed by atoms with van der Waals surface area (Å²) < 4.78 is 18.4. The maximum atomic E-state index is 10.4. The van der Waals surface area contributed by atoms with Crippen LogP contribution in [0.2, 0.25) is 0 Å². The molecule has 2 aliphatic heterocycles. The van der Waals surface area contributed by atoms with E-state index in [0.29, 0.717) is 16.2 Å². The average molecular weight is 483 g/mol. The van der Waals surface area contributed by atoms with Gasteiger partial charge in [-0.15, -0.1) is 11.3 Å². The van der Waals surface area contributed by atoms with Crippen LogP contribution in [0.4, 0.5) is 0 Å². The smallest absolute Gasteiger partial charge is 0.219 e. The lowest BCUT2D eigenvalue weighted by Gasteiger charge is -2.48. The Kier molecular flexibility index (Phi) is 4.63. The van der Waals surface area contributed by atoms with Crippen LogP contribution in [-0.2, 0) is 9.47 Å². The van der Waals surface area contributed by atoms with Gasteiger partial charge in [0, 0.05) is 27.2 Å². The van der Waals surface area contributed by atoms with Gasteiger partial charge in [0.2, 0.25) is 17.1 Å². The Morgan fingerprint density at radius 1 is 1.20 bits per heavy atom. The second-order valence-electron chi connectivity index (χ2n) is 7.24. The molecule has 150 valence electrons. The summed E-state index contributed by atoms with van der Waals surface area (Å²) in [6.45, 7) is 1.63. The number of fused-ring (bicyclic) bond motifs is 2. The van der Waals surface area contributed by atoms with Gasteiger partial charge in [-0.05, 0) is 28.1 Å². The molecule has 1 aromatic heterocycles. The van der Waals surface area contributed by atoms with Crippen molar-refractivity contribution in [2.45, 2.75) is 24.7 Å². The first-order chi connectivity index (χ1) is 14.3. The summed E-state index contributed by atoms with van der Waals surface area (Å²) in [4.78, 5) is 0.590. The molecule has 0 saturated carbocycles. The molecule has 3 heterocycles. The number of benzene rings is 1. The SMILES string of the molecule is COc1ccccc1C1C2(C)OC(=N)C1(C#N)C(C#N)(C#N)C(c1cc(Br)cs1)O2. The molecule has 2 saturated heterocycles. The van der Waals surface area contributed by atoms with Crippen molar-refractivity contribution in [3.63, 3.8) is 0 Å². The minimum atomic E-state index is -2.02. The van der Waals surface area contributed by atoms with Crippen LogP contribution in [0.3, 0.4) is 0 Å². The topological polar surface area (TPSA) is 123 Å². The van der Waals surface area contributed by atoms with Gasteiger partial charge in [0.05, 0.1) is 31.2 Å². The number of nitrogens with one attached hydrogen (secondary N) is 1. The molecule has 0 amide bonds. The van der Waals surface area contributed by atoms with Gasteiger partial charge in [-0.2, -0.15) is 15.8 Å². The summed E-state index contributed by atoms with van der Waals surface area (Å²) in [5.74, 6) is -2.39. The zero-order valence-corrected chi connectivity index (χ0v) is 18.4. The Morgan fingerprint density at radius 2 is 1.90 bits per heavy atom. The Hall–Kier alpha value is -2.90. The van der Waals surface area contributed by atoms with Gasteiger partial charge in [0.25, 0.3) is 0 Å². The maximum Gasteiger partial charge on any atom is 0.219 e. The van der Waals surface area contributed by atoms with E-state index in [1.165, 1.54) is 18.4 Å². The van der Waals surface area contributed by atoms with Gasteiger partial charge >= 0.3 is 0 Å². The van der Waals surface area contributed by atoms with Crippen LogP contribution in [-0.4, -0.2) is 18.8 Å². The van der Waals surface area contributed by atoms with Crippen molar-refractivity contribution in [1.82, 2.24) is 0 Å². The molecule has 1 N–H and O–H groups in total. The maximum absolute atomic E-state index is 10.4. The summed E-state index contributed by atoms with van der Waals surface area (Å²) in [6.07, 6.45) is -1.08. The number of halogens is 1. The number of hydrogen-bond donors (Lipinski definition) is 1. The van der Waals surface area contributed by atoms with Crippen LogP contribution in [0.15, 0.2) is 40.2 Å². The van der Waals surface area contributed by atoms with Gasteiger partial charge in [-0.1, -0.05) is 18.2 Å². The highest BCUT2D eigenvalue weighted by Crippen LogP contribution is 2.70. The molecule has 1 aromatic carbocycles. The molecule has 4 unspecified atom stereocenters. The van der Waals surface area contributed by atoms with E-state index in [0.717, 1.165) is 4.47 Å². The molecular weight excluding hydrogens is 468 g/mol. The number of rotatable bonds is 3. The van der Waals surface area contributed by atoms with E-state index in [4.69, 9.17) is 19.6 Å². The summed E-state index contributed by atoms with van der Waals surface area (Å²) in [5, 5.41) is 41.4. The predicted molar refractivity (Wildman–Crippen MR) is 111 cm³/mol. The fourth-order valence-corrected chi connectivity index (χ4v) is 6.11. The van der Waals surface area contributed by atoms with Crippen LogP contribution in [0.25, 0.3) is 0 Å². The van der Waals surface area contributed by atoms with Gasteiger partial charge in [0.1, 0.15) is 11.9 Å². The van der Waals surface area contributed by atoms with Crippen molar-refractivity contribution in [2.75, 3.05) is 7.11 Å². The first-order valence-corrected chi connectivity index (χ1v) is 10.6. The molecule has 9 heteroatoms. The van der Waals surface area contributed by atoms with Gasteiger partial charge in [-0.3, -0.25) is 5.41 Å². The van der Waals surface area contributed by atoms with Crippen molar-refractivity contribution < 1.29 is 14.2 Å². The largest absolute Gasteiger partial charge is 0.496 e. The Morgan fingerprint density at radius 3 is 2.47 bits per heavy atom. The first-order valence-electron chi connectivity index (χ1n) is 8.90. The lowest BCUT2D eigenvalue weighted by molar-refractivity contribution is -0.252.